The summed E-state index contributed by atoms with van der Waals surface area (Å²) >= 11 is 0. The van der Waals surface area contributed by atoms with E-state index in [1.807, 2.05) is 6.20 Å². The summed E-state index contributed by atoms with van der Waals surface area (Å²) in [6.07, 6.45) is 3.06. The van der Waals surface area contributed by atoms with Crippen LogP contribution in [-0.2, 0) is 11.3 Å². The van der Waals surface area contributed by atoms with E-state index in [0.717, 1.165) is 38.5 Å². The fourth-order valence-corrected chi connectivity index (χ4v) is 2.36. The van der Waals surface area contributed by atoms with Crippen molar-refractivity contribution in [1.82, 2.24) is 10.3 Å². The van der Waals surface area contributed by atoms with Gasteiger partial charge in [0.05, 0.1) is 12.6 Å². The number of rotatable bonds is 5. The molecular formula is C14H23N3O. The topological polar surface area (TPSA) is 37.4 Å². The zero-order chi connectivity index (χ0) is 13.0. The molecule has 0 amide bonds. The van der Waals surface area contributed by atoms with Crippen molar-refractivity contribution in [3.63, 3.8) is 0 Å². The van der Waals surface area contributed by atoms with E-state index in [2.05, 4.69) is 42.2 Å². The molecule has 0 radical (unpaired) electrons. The Kier molecular flexibility index (Phi) is 4.55. The number of anilines is 1. The Bertz CT molecular complexity index is 389. The van der Waals surface area contributed by atoms with E-state index in [0.29, 0.717) is 6.04 Å². The predicted octanol–water partition coefficient (Wildman–Crippen LogP) is 1.72. The van der Waals surface area contributed by atoms with Crippen LogP contribution in [0.4, 0.5) is 5.82 Å². The van der Waals surface area contributed by atoms with Gasteiger partial charge in [0.2, 0.25) is 0 Å². The minimum atomic E-state index is 0.468. The molecule has 1 aromatic heterocycles. The van der Waals surface area contributed by atoms with Gasteiger partial charge < -0.3 is 15.0 Å². The van der Waals surface area contributed by atoms with Crippen LogP contribution in [0.1, 0.15) is 24.5 Å². The lowest BCUT2D eigenvalue weighted by Gasteiger charge is -2.26. The molecule has 0 spiro atoms. The maximum atomic E-state index is 5.44. The highest BCUT2D eigenvalue weighted by Gasteiger charge is 2.22. The van der Waals surface area contributed by atoms with E-state index in [-0.39, 0.29) is 0 Å². The molecule has 18 heavy (non-hydrogen) atoms. The maximum absolute atomic E-state index is 5.44. The van der Waals surface area contributed by atoms with Crippen LogP contribution < -0.4 is 10.2 Å². The van der Waals surface area contributed by atoms with Crippen LogP contribution in [0.2, 0.25) is 0 Å². The lowest BCUT2D eigenvalue weighted by Crippen LogP contribution is -2.33. The summed E-state index contributed by atoms with van der Waals surface area (Å²) in [5, 5.41) is 3.32. The van der Waals surface area contributed by atoms with Crippen molar-refractivity contribution in [2.75, 3.05) is 31.7 Å². The fraction of sp³-hybridized carbons (Fsp3) is 0.643. The van der Waals surface area contributed by atoms with Crippen LogP contribution in [-0.4, -0.2) is 37.8 Å². The quantitative estimate of drug-likeness (QED) is 0.862. The first-order chi connectivity index (χ1) is 8.72. The SMILES string of the molecule is CCNCc1cnc(N(C)C2CCOC2)c(C)c1. The van der Waals surface area contributed by atoms with Gasteiger partial charge in [-0.05, 0) is 37.1 Å². The third-order valence-electron chi connectivity index (χ3n) is 3.47. The Morgan fingerprint density at radius 2 is 2.39 bits per heavy atom. The van der Waals surface area contributed by atoms with Gasteiger partial charge in [0.15, 0.2) is 0 Å². The van der Waals surface area contributed by atoms with Gasteiger partial charge in [-0.2, -0.15) is 0 Å². The summed E-state index contributed by atoms with van der Waals surface area (Å²) in [5.41, 5.74) is 2.48. The van der Waals surface area contributed by atoms with Crippen LogP contribution >= 0.6 is 0 Å². The summed E-state index contributed by atoms with van der Waals surface area (Å²) in [7, 11) is 2.11. The fourth-order valence-electron chi connectivity index (χ4n) is 2.36. The molecule has 100 valence electrons. The first-order valence-corrected chi connectivity index (χ1v) is 6.69. The van der Waals surface area contributed by atoms with Crippen molar-refractivity contribution in [1.29, 1.82) is 0 Å². The zero-order valence-electron chi connectivity index (χ0n) is 11.6. The third-order valence-corrected chi connectivity index (χ3v) is 3.47. The van der Waals surface area contributed by atoms with Crippen LogP contribution in [0.15, 0.2) is 12.3 Å². The molecule has 4 heteroatoms. The standard InChI is InChI=1S/C14H23N3O/c1-4-15-8-12-7-11(2)14(16-9-12)17(3)13-5-6-18-10-13/h7,9,13,15H,4-6,8,10H2,1-3H3. The highest BCUT2D eigenvalue weighted by molar-refractivity contribution is 5.47. The summed E-state index contributed by atoms with van der Waals surface area (Å²) in [6, 6.07) is 2.69. The van der Waals surface area contributed by atoms with E-state index in [4.69, 9.17) is 4.74 Å². The van der Waals surface area contributed by atoms with Gasteiger partial charge >= 0.3 is 0 Å². The molecule has 1 N–H and O–H groups in total. The minimum Gasteiger partial charge on any atom is -0.379 e. The molecule has 0 bridgehead atoms. The van der Waals surface area contributed by atoms with Gasteiger partial charge in [-0.3, -0.25) is 0 Å². The van der Waals surface area contributed by atoms with Crippen molar-refractivity contribution in [3.05, 3.63) is 23.4 Å². The number of likely N-dealkylation sites (N-methyl/N-ethyl adjacent to an activating group) is 1. The Morgan fingerprint density at radius 3 is 3.00 bits per heavy atom. The molecular weight excluding hydrogens is 226 g/mol. The van der Waals surface area contributed by atoms with Gasteiger partial charge in [-0.25, -0.2) is 4.98 Å². The van der Waals surface area contributed by atoms with Crippen LogP contribution in [0, 0.1) is 6.92 Å². The molecule has 2 rings (SSSR count). The van der Waals surface area contributed by atoms with E-state index in [9.17, 15) is 0 Å². The molecule has 2 heterocycles. The summed E-state index contributed by atoms with van der Waals surface area (Å²) in [6.45, 7) is 7.80. The van der Waals surface area contributed by atoms with Crippen LogP contribution in [0.5, 0.6) is 0 Å². The van der Waals surface area contributed by atoms with Gasteiger partial charge in [0, 0.05) is 26.4 Å². The first kappa shape index (κ1) is 13.3. The lowest BCUT2D eigenvalue weighted by molar-refractivity contribution is 0.193. The lowest BCUT2D eigenvalue weighted by atomic mass is 10.1. The van der Waals surface area contributed by atoms with E-state index in [1.54, 1.807) is 0 Å². The second-order valence-corrected chi connectivity index (χ2v) is 4.89. The predicted molar refractivity (Wildman–Crippen MR) is 74.0 cm³/mol. The molecule has 4 nitrogen and oxygen atoms in total. The number of ether oxygens (including phenoxy) is 1. The average molecular weight is 249 g/mol. The Balaban J connectivity index is 2.08. The van der Waals surface area contributed by atoms with Gasteiger partial charge in [0.25, 0.3) is 0 Å². The summed E-state index contributed by atoms with van der Waals surface area (Å²) in [4.78, 5) is 6.86. The van der Waals surface area contributed by atoms with E-state index >= 15 is 0 Å². The summed E-state index contributed by atoms with van der Waals surface area (Å²) < 4.78 is 5.44. The van der Waals surface area contributed by atoms with Crippen LogP contribution in [0.25, 0.3) is 0 Å². The Morgan fingerprint density at radius 1 is 1.56 bits per heavy atom. The molecule has 0 aliphatic carbocycles. The molecule has 0 saturated carbocycles. The Hall–Kier alpha value is -1.13. The Labute approximate surface area is 109 Å². The molecule has 1 atom stereocenters. The normalized spacial score (nSPS) is 19.2. The molecule has 0 aromatic carbocycles. The van der Waals surface area contributed by atoms with Crippen molar-refractivity contribution < 1.29 is 4.74 Å². The molecule has 1 saturated heterocycles. The minimum absolute atomic E-state index is 0.468. The van der Waals surface area contributed by atoms with E-state index in [1.165, 1.54) is 11.1 Å². The van der Waals surface area contributed by atoms with Crippen LogP contribution in [0.3, 0.4) is 0 Å². The smallest absolute Gasteiger partial charge is 0.131 e. The molecule has 1 aliphatic rings. The number of aromatic nitrogens is 1. The summed E-state index contributed by atoms with van der Waals surface area (Å²) in [5.74, 6) is 1.07. The van der Waals surface area contributed by atoms with E-state index < -0.39 is 0 Å². The number of pyridine rings is 1. The number of aryl methyl sites for hydroxylation is 1. The molecule has 1 aromatic rings. The van der Waals surface area contributed by atoms with Crippen molar-refractivity contribution in [2.45, 2.75) is 32.9 Å². The van der Waals surface area contributed by atoms with Crippen molar-refractivity contribution >= 4 is 5.82 Å². The number of nitrogens with zero attached hydrogens (tertiary/aromatic N) is 2. The monoisotopic (exact) mass is 249 g/mol. The molecule has 1 unspecified atom stereocenters. The largest absolute Gasteiger partial charge is 0.379 e. The van der Waals surface area contributed by atoms with Gasteiger partial charge in [-0.1, -0.05) is 6.92 Å². The third kappa shape index (κ3) is 3.00. The second-order valence-electron chi connectivity index (χ2n) is 4.89. The number of hydrogen-bond acceptors (Lipinski definition) is 4. The van der Waals surface area contributed by atoms with Gasteiger partial charge in [-0.15, -0.1) is 0 Å². The zero-order valence-corrected chi connectivity index (χ0v) is 11.6. The molecule has 1 aliphatic heterocycles. The highest BCUT2D eigenvalue weighted by Crippen LogP contribution is 2.22. The van der Waals surface area contributed by atoms with Crippen molar-refractivity contribution in [2.24, 2.45) is 0 Å². The average Bonchev–Trinajstić information content (AvgIpc) is 2.89. The number of hydrogen-bond donors (Lipinski definition) is 1. The second kappa shape index (κ2) is 6.16. The number of nitrogens with one attached hydrogen (secondary N) is 1. The first-order valence-electron chi connectivity index (χ1n) is 6.69. The highest BCUT2D eigenvalue weighted by atomic mass is 16.5. The maximum Gasteiger partial charge on any atom is 0.131 e. The molecule has 1 fully saturated rings. The van der Waals surface area contributed by atoms with Gasteiger partial charge in [0.1, 0.15) is 5.82 Å². The van der Waals surface area contributed by atoms with Crippen molar-refractivity contribution in [3.8, 4) is 0 Å².